The fourth-order valence-electron chi connectivity index (χ4n) is 1.99. The molecule has 6 nitrogen and oxygen atoms in total. The van der Waals surface area contributed by atoms with E-state index in [2.05, 4.69) is 5.32 Å². The summed E-state index contributed by atoms with van der Waals surface area (Å²) in [6.07, 6.45) is -0.223. The largest absolute Gasteiger partial charge is 0.354 e. The molecule has 1 heterocycles. The van der Waals surface area contributed by atoms with Crippen molar-refractivity contribution in [2.45, 2.75) is 19.3 Å². The minimum atomic E-state index is -0.460. The molecule has 1 aromatic carbocycles. The van der Waals surface area contributed by atoms with E-state index in [-0.39, 0.29) is 23.7 Å². The highest BCUT2D eigenvalue weighted by Crippen LogP contribution is 2.16. The maximum absolute atomic E-state index is 11.9. The number of hydrogen-bond donors (Lipinski definition) is 1. The first-order chi connectivity index (χ1) is 10.2. The molecule has 7 heteroatoms. The summed E-state index contributed by atoms with van der Waals surface area (Å²) in [6, 6.07) is 7.56. The van der Waals surface area contributed by atoms with Gasteiger partial charge in [-0.3, -0.25) is 14.2 Å². The molecular formula is C14H18N2O4S. The molecule has 2 aromatic rings. The Labute approximate surface area is 126 Å². The van der Waals surface area contributed by atoms with Gasteiger partial charge in [0.2, 0.25) is 5.91 Å². The van der Waals surface area contributed by atoms with Crippen LogP contribution in [0.5, 0.6) is 0 Å². The van der Waals surface area contributed by atoms with E-state index in [1.54, 1.807) is 4.57 Å². The van der Waals surface area contributed by atoms with E-state index in [1.165, 1.54) is 25.6 Å². The molecule has 0 aliphatic rings. The number of carbonyl (C=O) groups is 1. The third-order valence-electron chi connectivity index (χ3n) is 3.13. The molecule has 1 amide bonds. The third-order valence-corrected chi connectivity index (χ3v) is 4.09. The van der Waals surface area contributed by atoms with E-state index in [1.807, 2.05) is 24.3 Å². The lowest BCUT2D eigenvalue weighted by Gasteiger charge is -2.14. The van der Waals surface area contributed by atoms with Crippen molar-refractivity contribution in [1.82, 2.24) is 9.88 Å². The number of para-hydroxylation sites is 1. The third kappa shape index (κ3) is 3.90. The number of hydrogen-bond acceptors (Lipinski definition) is 5. The molecule has 0 aliphatic heterocycles. The quantitative estimate of drug-likeness (QED) is 0.780. The van der Waals surface area contributed by atoms with Crippen LogP contribution in [0.4, 0.5) is 0 Å². The number of methoxy groups -OCH3 is 2. The molecule has 0 saturated heterocycles. The van der Waals surface area contributed by atoms with Crippen LogP contribution in [0.15, 0.2) is 29.1 Å². The first kappa shape index (κ1) is 15.7. The van der Waals surface area contributed by atoms with Crippen LogP contribution in [-0.2, 0) is 20.8 Å². The molecule has 0 unspecified atom stereocenters. The zero-order chi connectivity index (χ0) is 15.2. The molecule has 1 aromatic heterocycles. The van der Waals surface area contributed by atoms with E-state index < -0.39 is 6.29 Å². The number of aromatic nitrogens is 1. The zero-order valence-corrected chi connectivity index (χ0v) is 12.8. The molecule has 0 atom stereocenters. The molecule has 0 bridgehead atoms. The van der Waals surface area contributed by atoms with Crippen molar-refractivity contribution in [2.24, 2.45) is 0 Å². The van der Waals surface area contributed by atoms with Crippen molar-refractivity contribution in [1.29, 1.82) is 0 Å². The van der Waals surface area contributed by atoms with Crippen molar-refractivity contribution < 1.29 is 14.3 Å². The van der Waals surface area contributed by atoms with Crippen LogP contribution in [0.2, 0.25) is 0 Å². The van der Waals surface area contributed by atoms with E-state index in [0.717, 1.165) is 10.2 Å². The molecule has 21 heavy (non-hydrogen) atoms. The van der Waals surface area contributed by atoms with Crippen molar-refractivity contribution >= 4 is 27.5 Å². The van der Waals surface area contributed by atoms with Crippen LogP contribution < -0.4 is 10.2 Å². The fraction of sp³-hybridized carbons (Fsp3) is 0.429. The number of benzene rings is 1. The van der Waals surface area contributed by atoms with Crippen LogP contribution in [0.3, 0.4) is 0 Å². The molecule has 0 saturated carbocycles. The van der Waals surface area contributed by atoms with E-state index in [4.69, 9.17) is 9.47 Å². The maximum atomic E-state index is 11.9. The lowest BCUT2D eigenvalue weighted by Crippen LogP contribution is -2.34. The molecule has 0 spiro atoms. The van der Waals surface area contributed by atoms with Crippen LogP contribution in [0.1, 0.15) is 6.42 Å². The number of ether oxygens (including phenoxy) is 2. The Morgan fingerprint density at radius 2 is 2.05 bits per heavy atom. The number of amides is 1. The second-order valence-electron chi connectivity index (χ2n) is 4.44. The van der Waals surface area contributed by atoms with Gasteiger partial charge in [0.1, 0.15) is 0 Å². The topological polar surface area (TPSA) is 69.6 Å². The summed E-state index contributed by atoms with van der Waals surface area (Å²) >= 11 is 1.19. The first-order valence-electron chi connectivity index (χ1n) is 6.56. The molecular weight excluding hydrogens is 292 g/mol. The number of rotatable bonds is 7. The average Bonchev–Trinajstić information content (AvgIpc) is 2.81. The minimum absolute atomic E-state index is 0.0457. The number of carbonyl (C=O) groups excluding carboxylic acids is 1. The van der Waals surface area contributed by atoms with Gasteiger partial charge in [0.05, 0.1) is 16.8 Å². The van der Waals surface area contributed by atoms with Crippen LogP contribution >= 0.6 is 11.3 Å². The SMILES string of the molecule is COC(CNC(=O)CCn1c(=O)sc2ccccc21)OC. The molecule has 114 valence electrons. The van der Waals surface area contributed by atoms with Gasteiger partial charge in [0.25, 0.3) is 0 Å². The number of fused-ring (bicyclic) bond motifs is 1. The Morgan fingerprint density at radius 3 is 2.76 bits per heavy atom. The first-order valence-corrected chi connectivity index (χ1v) is 7.38. The second-order valence-corrected chi connectivity index (χ2v) is 5.44. The summed E-state index contributed by atoms with van der Waals surface area (Å²) in [5.41, 5.74) is 0.868. The average molecular weight is 310 g/mol. The van der Waals surface area contributed by atoms with Gasteiger partial charge in [0.15, 0.2) is 6.29 Å². The number of aryl methyl sites for hydroxylation is 1. The van der Waals surface area contributed by atoms with Gasteiger partial charge in [-0.2, -0.15) is 0 Å². The lowest BCUT2D eigenvalue weighted by atomic mass is 10.3. The number of nitrogens with zero attached hydrogens (tertiary/aromatic N) is 1. The predicted molar refractivity (Wildman–Crippen MR) is 81.5 cm³/mol. The number of nitrogens with one attached hydrogen (secondary N) is 1. The summed E-state index contributed by atoms with van der Waals surface area (Å²) in [5, 5.41) is 2.71. The van der Waals surface area contributed by atoms with E-state index >= 15 is 0 Å². The Hall–Kier alpha value is -1.70. The summed E-state index contributed by atoms with van der Waals surface area (Å²) < 4.78 is 12.5. The highest BCUT2D eigenvalue weighted by molar-refractivity contribution is 7.16. The molecule has 0 fully saturated rings. The Balaban J connectivity index is 1.94. The Bertz CT molecular complexity index is 660. The summed E-state index contributed by atoms with van der Waals surface area (Å²) in [7, 11) is 3.02. The van der Waals surface area contributed by atoms with Gasteiger partial charge < -0.3 is 14.8 Å². The van der Waals surface area contributed by atoms with Crippen molar-refractivity contribution in [2.75, 3.05) is 20.8 Å². The molecule has 0 aliphatic carbocycles. The van der Waals surface area contributed by atoms with Crippen LogP contribution in [-0.4, -0.2) is 37.5 Å². The van der Waals surface area contributed by atoms with Crippen molar-refractivity contribution in [3.05, 3.63) is 33.9 Å². The molecule has 0 radical (unpaired) electrons. The fourth-order valence-corrected chi connectivity index (χ4v) is 2.90. The van der Waals surface area contributed by atoms with Crippen molar-refractivity contribution in [3.8, 4) is 0 Å². The van der Waals surface area contributed by atoms with E-state index in [0.29, 0.717) is 6.54 Å². The maximum Gasteiger partial charge on any atom is 0.308 e. The van der Waals surface area contributed by atoms with E-state index in [9.17, 15) is 9.59 Å². The molecule has 1 N–H and O–H groups in total. The highest BCUT2D eigenvalue weighted by atomic mass is 32.1. The monoisotopic (exact) mass is 310 g/mol. The summed E-state index contributed by atoms with van der Waals surface area (Å²) in [5.74, 6) is -0.142. The van der Waals surface area contributed by atoms with Gasteiger partial charge in [0, 0.05) is 27.2 Å². The van der Waals surface area contributed by atoms with Crippen molar-refractivity contribution in [3.63, 3.8) is 0 Å². The lowest BCUT2D eigenvalue weighted by molar-refractivity contribution is -0.127. The Morgan fingerprint density at radius 1 is 1.33 bits per heavy atom. The second kappa shape index (κ2) is 7.35. The van der Waals surface area contributed by atoms with Gasteiger partial charge >= 0.3 is 4.87 Å². The molecule has 2 rings (SSSR count). The van der Waals surface area contributed by atoms with Gasteiger partial charge in [-0.25, -0.2) is 0 Å². The smallest absolute Gasteiger partial charge is 0.308 e. The Kier molecular flexibility index (Phi) is 5.49. The highest BCUT2D eigenvalue weighted by Gasteiger charge is 2.10. The van der Waals surface area contributed by atoms with Crippen LogP contribution in [0, 0.1) is 0 Å². The zero-order valence-electron chi connectivity index (χ0n) is 12.0. The standard InChI is InChI=1S/C14H18N2O4S/c1-19-13(20-2)9-15-12(17)7-8-16-10-5-3-4-6-11(10)21-14(16)18/h3-6,13H,7-9H2,1-2H3,(H,15,17). The minimum Gasteiger partial charge on any atom is -0.354 e. The number of thiazole rings is 1. The normalized spacial score (nSPS) is 11.2. The van der Waals surface area contributed by atoms with Gasteiger partial charge in [-0.05, 0) is 12.1 Å². The van der Waals surface area contributed by atoms with Crippen LogP contribution in [0.25, 0.3) is 10.2 Å². The summed E-state index contributed by atoms with van der Waals surface area (Å²) in [4.78, 5) is 23.7. The predicted octanol–water partition coefficient (Wildman–Crippen LogP) is 1.19. The van der Waals surface area contributed by atoms with Gasteiger partial charge in [-0.15, -0.1) is 0 Å². The van der Waals surface area contributed by atoms with Gasteiger partial charge in [-0.1, -0.05) is 23.5 Å². The summed E-state index contributed by atoms with van der Waals surface area (Å²) in [6.45, 7) is 0.643.